The minimum atomic E-state index is -1.23. The summed E-state index contributed by atoms with van der Waals surface area (Å²) in [7, 11) is 0. The van der Waals surface area contributed by atoms with Gasteiger partial charge in [-0.1, -0.05) is 97.1 Å². The van der Waals surface area contributed by atoms with Crippen molar-refractivity contribution in [2.24, 2.45) is 0 Å². The first-order valence-corrected chi connectivity index (χ1v) is 43.4. The zero-order valence-corrected chi connectivity index (χ0v) is 77.2. The van der Waals surface area contributed by atoms with E-state index in [1.54, 1.807) is 0 Å². The number of esters is 16. The molecule has 144 heavy (non-hydrogen) atoms. The molecule has 0 atom stereocenters. The van der Waals surface area contributed by atoms with Crippen LogP contribution in [0.4, 0.5) is 0 Å². The van der Waals surface area contributed by atoms with Crippen LogP contribution in [-0.4, -0.2) is 95.5 Å². The van der Waals surface area contributed by atoms with Crippen LogP contribution in [0.1, 0.15) is 99.9 Å². The van der Waals surface area contributed by atoms with Gasteiger partial charge in [-0.2, -0.15) is 0 Å². The van der Waals surface area contributed by atoms with Gasteiger partial charge in [-0.15, -0.1) is 0 Å². The van der Waals surface area contributed by atoms with E-state index in [1.807, 2.05) is 0 Å². The van der Waals surface area contributed by atoms with Gasteiger partial charge in [0.25, 0.3) is 0 Å². The van der Waals surface area contributed by atoms with Crippen molar-refractivity contribution >= 4 is 198 Å². The Kier molecular flexibility index (Phi) is 31.8. The van der Waals surface area contributed by atoms with Gasteiger partial charge in [-0.25, -0.2) is 38.4 Å². The lowest BCUT2D eigenvalue weighted by Crippen LogP contribution is -2.12. The molecule has 0 aliphatic rings. The molecule has 0 bridgehead atoms. The number of carbonyl (C=O) groups is 16. The van der Waals surface area contributed by atoms with Crippen molar-refractivity contribution in [3.8, 4) is 92.0 Å². The molecule has 718 valence electrons. The molecule has 0 N–H and O–H groups in total. The van der Waals surface area contributed by atoms with Gasteiger partial charge in [0.1, 0.15) is 46.0 Å². The quantitative estimate of drug-likeness (QED) is 0.0124. The summed E-state index contributed by atoms with van der Waals surface area (Å²) in [6.07, 6.45) is 18.4. The van der Waals surface area contributed by atoms with Gasteiger partial charge in [0.2, 0.25) is 0 Å². The van der Waals surface area contributed by atoms with Crippen LogP contribution in [0.2, 0.25) is 0 Å². The molecule has 32 nitrogen and oxygen atoms in total. The molecule has 0 spiro atoms. The topological polar surface area (TPSA) is 421 Å². The summed E-state index contributed by atoms with van der Waals surface area (Å²) in [5.74, 6) is -18.3. The lowest BCUT2D eigenvalue weighted by molar-refractivity contribution is -0.132. The third kappa shape index (κ3) is 27.3. The molecule has 14 aromatic carbocycles. The van der Waals surface area contributed by atoms with Crippen LogP contribution < -0.4 is 75.8 Å². The summed E-state index contributed by atoms with van der Waals surface area (Å²) in [4.78, 5) is 217. The van der Waals surface area contributed by atoms with Crippen molar-refractivity contribution in [2.45, 2.75) is 55.4 Å². The average Bonchev–Trinajstić information content (AvgIpc) is 0.680. The van der Waals surface area contributed by atoms with E-state index in [9.17, 15) is 57.5 Å². The van der Waals surface area contributed by atoms with Crippen LogP contribution in [0.3, 0.4) is 0 Å². The molecule has 0 aliphatic heterocycles. The van der Waals surface area contributed by atoms with Crippen molar-refractivity contribution in [3.05, 3.63) is 324 Å². The van der Waals surface area contributed by atoms with E-state index < -0.39 is 142 Å². The molecule has 0 amide bonds. The molecule has 0 radical (unpaired) electrons. The summed E-state index contributed by atoms with van der Waals surface area (Å²) in [5, 5.41) is -1.89. The molecule has 0 aromatic heterocycles. The summed E-state index contributed by atoms with van der Waals surface area (Å²) in [5.41, 5.74) is 2.79. The maximum atomic E-state index is 15.5. The van der Waals surface area contributed by atoms with Gasteiger partial charge in [0.15, 0.2) is 46.0 Å². The Morgan fingerprint density at radius 2 is 0.285 bits per heavy atom. The Balaban J connectivity index is 1.12. The van der Waals surface area contributed by atoms with E-state index in [2.05, 4.69) is 0 Å². The number of hydrogen-bond donors (Lipinski definition) is 0. The second-order valence-corrected chi connectivity index (χ2v) is 31.0. The highest BCUT2D eigenvalue weighted by Crippen LogP contribution is 2.57. The van der Waals surface area contributed by atoms with E-state index in [-0.39, 0.29) is 99.9 Å². The molecule has 0 aliphatic carbocycles. The number of ether oxygens (including phenoxy) is 16. The van der Waals surface area contributed by atoms with Crippen LogP contribution in [0.5, 0.6) is 92.0 Å². The van der Waals surface area contributed by atoms with E-state index in [1.165, 1.54) is 335 Å². The maximum absolute atomic E-state index is 15.5. The number of carbonyl (C=O) groups excluding carboxylic acids is 16. The second kappa shape index (κ2) is 45.8. The van der Waals surface area contributed by atoms with Gasteiger partial charge in [0, 0.05) is 126 Å². The number of hydrogen-bond acceptors (Lipinski definition) is 32. The van der Waals surface area contributed by atoms with Crippen molar-refractivity contribution < 1.29 is 153 Å². The largest absolute Gasteiger partial charge is 0.427 e. The standard InChI is InChI=1S/C112H78O32/c1-63(113)129-79-33-9-71(10-34-79)25-49-99(121)137-93-57-87-89-61-97(141-103(125)53-29-75-17-41-83(42-18-75)133-67(5)117)112(144-106(128)56-32-78-23-47-86(48-24-78)136-70(8)120)110-92-60-96(140-102(124)52-28-74-15-39-82(40-16-74)132-66(4)116)94(138-100(122)50-26-72-11-35-80(36-12-72)130-64(2)114)58-88(92)90-62-98(142-104(126)54-30-76-19-43-84(44-20-76)134-68(6)118)111(143-105(127)55-31-77-21-45-85(46-22-77)135-69(7)119)109(108(90)107(89)110)91(87)59-95(93)139-101(123)51-27-73-13-37-81(38-14-73)131-65(3)115/h9-62H,1-8H3. The van der Waals surface area contributed by atoms with Crippen molar-refractivity contribution in [1.82, 2.24) is 0 Å². The SMILES string of the molecule is CC(=O)Oc1ccc(C=CC(=O)Oc2cc3c(cc2OC(=O)C=Cc2ccc(OC(C)=O)cc2)c2c(OC(=O)C=Cc4ccc(OC(C)=O)cc4)c(OC(=O)C=Cc4ccc(OC(C)=O)cc4)cc4c5cc(OC(=O)C=Cc6ccc(OC(C)=O)cc6)c(OC(=O)C=Cc6ccc(OC(C)=O)cc6)cc5c5c(OC(=O)C=Cc6ccc(OC(C)=O)cc6)c(OC(=O)C=Cc6ccc(OC(C)=O)cc6)cc3c5c42)cc1. The zero-order chi connectivity index (χ0) is 102. The second-order valence-electron chi connectivity index (χ2n) is 31.0. The van der Waals surface area contributed by atoms with E-state index in [4.69, 9.17) is 75.8 Å². The minimum Gasteiger partial charge on any atom is -0.427 e. The molecule has 0 heterocycles. The average molecular weight is 1940 g/mol. The monoisotopic (exact) mass is 1930 g/mol. The molecule has 0 fully saturated rings. The van der Waals surface area contributed by atoms with Crippen molar-refractivity contribution in [1.29, 1.82) is 0 Å². The Hall–Kier alpha value is -19.9. The van der Waals surface area contributed by atoms with Crippen LogP contribution in [0.15, 0.2) is 279 Å². The van der Waals surface area contributed by atoms with Crippen LogP contribution in [0.25, 0.3) is 102 Å². The molecular formula is C112H78O32. The fourth-order valence-electron chi connectivity index (χ4n) is 14.3. The summed E-state index contributed by atoms with van der Waals surface area (Å²) < 4.78 is 93.2. The molecule has 0 unspecified atom stereocenters. The van der Waals surface area contributed by atoms with Crippen LogP contribution in [-0.2, 0) is 76.7 Å². The normalized spacial score (nSPS) is 11.4. The molecule has 0 saturated heterocycles. The Bertz CT molecular complexity index is 7310. The third-order valence-corrected chi connectivity index (χ3v) is 20.1. The van der Waals surface area contributed by atoms with Gasteiger partial charge in [-0.3, -0.25) is 38.4 Å². The summed E-state index contributed by atoms with van der Waals surface area (Å²) in [6, 6.07) is 54.4. The number of fused-ring (bicyclic) bond motifs is 6. The molecule has 32 heteroatoms. The van der Waals surface area contributed by atoms with Gasteiger partial charge in [0.05, 0.1) is 0 Å². The van der Waals surface area contributed by atoms with E-state index >= 15 is 19.2 Å². The third-order valence-electron chi connectivity index (χ3n) is 20.1. The van der Waals surface area contributed by atoms with E-state index in [0.29, 0.717) is 44.5 Å². The van der Waals surface area contributed by atoms with Gasteiger partial charge < -0.3 is 75.8 Å². The fraction of sp³-hybridized carbons (Fsp3) is 0.0714. The predicted molar refractivity (Wildman–Crippen MR) is 525 cm³/mol. The molecule has 14 aromatic rings. The molecule has 0 saturated carbocycles. The smallest absolute Gasteiger partial charge is 0.336 e. The lowest BCUT2D eigenvalue weighted by Gasteiger charge is -2.24. The Labute approximate surface area is 817 Å². The lowest BCUT2D eigenvalue weighted by atomic mass is 9.84. The highest BCUT2D eigenvalue weighted by molar-refractivity contribution is 6.43. The first-order chi connectivity index (χ1) is 69.1. The predicted octanol–water partition coefficient (Wildman–Crippen LogP) is 19.2. The highest BCUT2D eigenvalue weighted by Gasteiger charge is 2.33. The van der Waals surface area contributed by atoms with Crippen LogP contribution >= 0.6 is 0 Å². The maximum Gasteiger partial charge on any atom is 0.336 e. The summed E-state index contributed by atoms with van der Waals surface area (Å²) >= 11 is 0. The Morgan fingerprint density at radius 1 is 0.153 bits per heavy atom. The molecule has 14 rings (SSSR count). The molecular weight excluding hydrogens is 1860 g/mol. The van der Waals surface area contributed by atoms with E-state index in [0.717, 1.165) is 48.6 Å². The Morgan fingerprint density at radius 3 is 0.444 bits per heavy atom. The van der Waals surface area contributed by atoms with Crippen molar-refractivity contribution in [3.63, 3.8) is 0 Å². The first kappa shape index (κ1) is 100. The number of benzene rings is 14. The summed E-state index contributed by atoms with van der Waals surface area (Å²) in [6.45, 7) is 9.60. The van der Waals surface area contributed by atoms with Gasteiger partial charge in [-0.05, 0) is 259 Å². The van der Waals surface area contributed by atoms with Crippen molar-refractivity contribution in [2.75, 3.05) is 0 Å². The fourth-order valence-corrected chi connectivity index (χ4v) is 14.3. The first-order valence-electron chi connectivity index (χ1n) is 43.4. The van der Waals surface area contributed by atoms with Gasteiger partial charge >= 0.3 is 95.5 Å². The van der Waals surface area contributed by atoms with Crippen LogP contribution in [0, 0.1) is 0 Å². The highest BCUT2D eigenvalue weighted by atomic mass is 16.6. The number of rotatable bonds is 32. The zero-order valence-electron chi connectivity index (χ0n) is 77.2. The minimum absolute atomic E-state index is 0.115.